The molecule has 0 spiro atoms. The van der Waals surface area contributed by atoms with Crippen LogP contribution < -0.4 is 10.6 Å². The number of nitrogens with zero attached hydrogens (tertiary/aromatic N) is 4. The van der Waals surface area contributed by atoms with E-state index in [9.17, 15) is 18.0 Å². The van der Waals surface area contributed by atoms with Gasteiger partial charge in [0.25, 0.3) is 5.91 Å². The number of hydrogen-bond acceptors (Lipinski definition) is 4. The Kier molecular flexibility index (Phi) is 5.66. The van der Waals surface area contributed by atoms with Gasteiger partial charge in [0.15, 0.2) is 11.7 Å². The smallest absolute Gasteiger partial charge is 0.367 e. The number of imidazole rings is 1. The van der Waals surface area contributed by atoms with Gasteiger partial charge >= 0.3 is 6.18 Å². The SMILES string of the molecule is Cc1nccn1CCCNC(=O)c1cc2n(n1)[C@@H](C(F)(F)F)C[C@@H](C(C)C)N2. The molecule has 28 heavy (non-hydrogen) atoms. The third kappa shape index (κ3) is 4.31. The lowest BCUT2D eigenvalue weighted by Gasteiger charge is -2.35. The number of hydrogen-bond donors (Lipinski definition) is 2. The average molecular weight is 398 g/mol. The molecule has 0 saturated heterocycles. The van der Waals surface area contributed by atoms with Gasteiger partial charge in [0.2, 0.25) is 0 Å². The topological polar surface area (TPSA) is 76.8 Å². The van der Waals surface area contributed by atoms with E-state index in [1.807, 2.05) is 31.5 Å². The number of carbonyl (C=O) groups excluding carboxylic acids is 1. The summed E-state index contributed by atoms with van der Waals surface area (Å²) >= 11 is 0. The largest absolute Gasteiger partial charge is 0.410 e. The molecule has 7 nitrogen and oxygen atoms in total. The second kappa shape index (κ2) is 7.84. The van der Waals surface area contributed by atoms with E-state index in [1.165, 1.54) is 6.07 Å². The molecular weight excluding hydrogens is 373 g/mol. The van der Waals surface area contributed by atoms with E-state index in [0.717, 1.165) is 10.5 Å². The Morgan fingerprint density at radius 3 is 2.79 bits per heavy atom. The molecule has 0 bridgehead atoms. The van der Waals surface area contributed by atoms with Gasteiger partial charge in [-0.3, -0.25) is 4.79 Å². The average Bonchev–Trinajstić information content (AvgIpc) is 3.22. The molecule has 0 radical (unpaired) electrons. The van der Waals surface area contributed by atoms with Crippen molar-refractivity contribution in [2.24, 2.45) is 5.92 Å². The highest BCUT2D eigenvalue weighted by Gasteiger charge is 2.46. The minimum Gasteiger partial charge on any atom is -0.367 e. The first kappa shape index (κ1) is 20.2. The van der Waals surface area contributed by atoms with Crippen molar-refractivity contribution in [3.05, 3.63) is 30.0 Å². The molecule has 0 saturated carbocycles. The maximum absolute atomic E-state index is 13.5. The van der Waals surface area contributed by atoms with Gasteiger partial charge in [-0.2, -0.15) is 18.3 Å². The highest BCUT2D eigenvalue weighted by atomic mass is 19.4. The number of halogens is 3. The summed E-state index contributed by atoms with van der Waals surface area (Å²) in [6.45, 7) is 6.71. The number of amides is 1. The lowest BCUT2D eigenvalue weighted by molar-refractivity contribution is -0.174. The molecule has 0 fully saturated rings. The number of carbonyl (C=O) groups is 1. The van der Waals surface area contributed by atoms with Crippen LogP contribution in [0.4, 0.5) is 19.0 Å². The van der Waals surface area contributed by atoms with Crippen LogP contribution in [-0.4, -0.2) is 44.0 Å². The molecule has 154 valence electrons. The van der Waals surface area contributed by atoms with Crippen molar-refractivity contribution >= 4 is 11.7 Å². The fraction of sp³-hybridized carbons (Fsp3) is 0.611. The zero-order valence-electron chi connectivity index (χ0n) is 16.1. The number of alkyl halides is 3. The van der Waals surface area contributed by atoms with Gasteiger partial charge < -0.3 is 15.2 Å². The van der Waals surface area contributed by atoms with Crippen molar-refractivity contribution < 1.29 is 18.0 Å². The van der Waals surface area contributed by atoms with Crippen molar-refractivity contribution in [3.8, 4) is 0 Å². The predicted molar refractivity (Wildman–Crippen MR) is 98.1 cm³/mol. The Morgan fingerprint density at radius 2 is 2.18 bits per heavy atom. The number of anilines is 1. The first-order chi connectivity index (χ1) is 13.2. The summed E-state index contributed by atoms with van der Waals surface area (Å²) in [5, 5.41) is 9.74. The van der Waals surface area contributed by atoms with Crippen LogP contribution in [0.15, 0.2) is 18.5 Å². The Bertz CT molecular complexity index is 826. The molecule has 0 aromatic carbocycles. The first-order valence-electron chi connectivity index (χ1n) is 9.35. The van der Waals surface area contributed by atoms with Crippen LogP contribution in [0.5, 0.6) is 0 Å². The fourth-order valence-electron chi connectivity index (χ4n) is 3.33. The van der Waals surface area contributed by atoms with E-state index in [4.69, 9.17) is 0 Å². The minimum absolute atomic E-state index is 0.0139. The van der Waals surface area contributed by atoms with Crippen LogP contribution in [0.3, 0.4) is 0 Å². The molecule has 2 aromatic rings. The highest BCUT2D eigenvalue weighted by Crippen LogP contribution is 2.40. The number of aromatic nitrogens is 4. The molecule has 2 aromatic heterocycles. The van der Waals surface area contributed by atoms with Crippen molar-refractivity contribution in [2.75, 3.05) is 11.9 Å². The summed E-state index contributed by atoms with van der Waals surface area (Å²) in [5.41, 5.74) is -0.0139. The van der Waals surface area contributed by atoms with Crippen molar-refractivity contribution in [3.63, 3.8) is 0 Å². The van der Waals surface area contributed by atoms with E-state index >= 15 is 0 Å². The molecule has 10 heteroatoms. The van der Waals surface area contributed by atoms with Crippen LogP contribution in [0.25, 0.3) is 0 Å². The molecule has 0 unspecified atom stereocenters. The normalized spacial score (nSPS) is 19.4. The Labute approximate surface area is 161 Å². The van der Waals surface area contributed by atoms with E-state index in [0.29, 0.717) is 19.5 Å². The van der Waals surface area contributed by atoms with Crippen molar-refractivity contribution in [1.82, 2.24) is 24.6 Å². The van der Waals surface area contributed by atoms with Gasteiger partial charge in [-0.05, 0) is 25.7 Å². The Hall–Kier alpha value is -2.52. The standard InChI is InChI=1S/C18H25F3N6O/c1-11(2)13-9-15(18(19,20)21)27-16(24-13)10-14(25-27)17(28)23-5-4-7-26-8-6-22-12(26)3/h6,8,10-11,13,15,24H,4-5,7,9H2,1-3H3,(H,23,28)/t13-,15+/m0/s1. The summed E-state index contributed by atoms with van der Waals surface area (Å²) in [6.07, 6.45) is -0.296. The first-order valence-corrected chi connectivity index (χ1v) is 9.35. The van der Waals surface area contributed by atoms with Gasteiger partial charge in [0.05, 0.1) is 0 Å². The Balaban J connectivity index is 1.65. The van der Waals surface area contributed by atoms with Gasteiger partial charge in [-0.25, -0.2) is 9.67 Å². The van der Waals surface area contributed by atoms with Crippen molar-refractivity contribution in [1.29, 1.82) is 0 Å². The minimum atomic E-state index is -4.42. The molecule has 0 aliphatic carbocycles. The summed E-state index contributed by atoms with van der Waals surface area (Å²) in [6, 6.07) is -0.671. The zero-order chi connectivity index (χ0) is 20.5. The monoisotopic (exact) mass is 398 g/mol. The van der Waals surface area contributed by atoms with Crippen LogP contribution in [0, 0.1) is 12.8 Å². The quantitative estimate of drug-likeness (QED) is 0.733. The lowest BCUT2D eigenvalue weighted by Crippen LogP contribution is -2.41. The van der Waals surface area contributed by atoms with Crippen LogP contribution in [-0.2, 0) is 6.54 Å². The van der Waals surface area contributed by atoms with E-state index in [1.54, 1.807) is 6.20 Å². The van der Waals surface area contributed by atoms with E-state index in [2.05, 4.69) is 20.7 Å². The summed E-state index contributed by atoms with van der Waals surface area (Å²) in [5.74, 6) is 0.661. The molecular formula is C18H25F3N6O. The maximum atomic E-state index is 13.5. The Morgan fingerprint density at radius 1 is 1.43 bits per heavy atom. The molecule has 2 N–H and O–H groups in total. The van der Waals surface area contributed by atoms with Crippen LogP contribution in [0.2, 0.25) is 0 Å². The molecule has 3 heterocycles. The van der Waals surface area contributed by atoms with E-state index < -0.39 is 18.1 Å². The molecule has 1 aliphatic rings. The number of fused-ring (bicyclic) bond motifs is 1. The third-order valence-corrected chi connectivity index (χ3v) is 5.04. The van der Waals surface area contributed by atoms with E-state index in [-0.39, 0.29) is 29.9 Å². The van der Waals surface area contributed by atoms with Gasteiger partial charge in [-0.1, -0.05) is 13.8 Å². The molecule has 3 rings (SSSR count). The molecule has 2 atom stereocenters. The summed E-state index contributed by atoms with van der Waals surface area (Å²) in [4.78, 5) is 16.5. The van der Waals surface area contributed by atoms with Gasteiger partial charge in [-0.15, -0.1) is 0 Å². The van der Waals surface area contributed by atoms with Gasteiger partial charge in [0.1, 0.15) is 11.6 Å². The highest BCUT2D eigenvalue weighted by molar-refractivity contribution is 5.93. The zero-order valence-corrected chi connectivity index (χ0v) is 16.1. The predicted octanol–water partition coefficient (Wildman–Crippen LogP) is 3.15. The van der Waals surface area contributed by atoms with Crippen molar-refractivity contribution in [2.45, 2.75) is 58.4 Å². The number of rotatable bonds is 6. The fourth-order valence-corrected chi connectivity index (χ4v) is 3.33. The molecule has 1 amide bonds. The maximum Gasteiger partial charge on any atom is 0.410 e. The summed E-state index contributed by atoms with van der Waals surface area (Å²) < 4.78 is 43.3. The van der Waals surface area contributed by atoms with Crippen LogP contribution >= 0.6 is 0 Å². The number of aryl methyl sites for hydroxylation is 2. The lowest BCUT2D eigenvalue weighted by atomic mass is 9.94. The second-order valence-electron chi connectivity index (χ2n) is 7.42. The van der Waals surface area contributed by atoms with Crippen LogP contribution in [0.1, 0.15) is 49.0 Å². The van der Waals surface area contributed by atoms with Gasteiger partial charge in [0, 0.05) is 37.6 Å². The third-order valence-electron chi connectivity index (χ3n) is 5.04. The summed E-state index contributed by atoms with van der Waals surface area (Å²) in [7, 11) is 0. The molecule has 1 aliphatic heterocycles. The second-order valence-corrected chi connectivity index (χ2v) is 7.42. The number of nitrogens with one attached hydrogen (secondary N) is 2.